The maximum absolute atomic E-state index is 12.4. The van der Waals surface area contributed by atoms with Gasteiger partial charge in [-0.05, 0) is 66.6 Å². The molecule has 33 heavy (non-hydrogen) atoms. The number of anilines is 3. The minimum Gasteiger partial charge on any atom is -0.497 e. The van der Waals surface area contributed by atoms with Crippen molar-refractivity contribution >= 4 is 29.3 Å². The van der Waals surface area contributed by atoms with Crippen LogP contribution >= 0.6 is 0 Å². The van der Waals surface area contributed by atoms with Crippen LogP contribution in [0.25, 0.3) is 17.3 Å². The molecule has 2 aromatic carbocycles. The number of benzene rings is 2. The highest BCUT2D eigenvalue weighted by atomic mass is 16.5. The van der Waals surface area contributed by atoms with Gasteiger partial charge in [-0.3, -0.25) is 9.78 Å². The number of hydrogen-bond acceptors (Lipinski definition) is 6. The molecular formula is C26H23N5O2. The number of pyridine rings is 1. The first-order valence-corrected chi connectivity index (χ1v) is 10.3. The number of aryl methyl sites for hydroxylation is 1. The Morgan fingerprint density at radius 3 is 2.64 bits per heavy atom. The van der Waals surface area contributed by atoms with E-state index in [-0.39, 0.29) is 5.91 Å². The molecule has 7 nitrogen and oxygen atoms in total. The van der Waals surface area contributed by atoms with Crippen LogP contribution in [0.15, 0.2) is 85.3 Å². The number of nitrogens with one attached hydrogen (secondary N) is 2. The average Bonchev–Trinajstić information content (AvgIpc) is 2.86. The third-order valence-electron chi connectivity index (χ3n) is 4.91. The molecule has 0 aliphatic heterocycles. The molecule has 7 heteroatoms. The van der Waals surface area contributed by atoms with E-state index in [9.17, 15) is 4.79 Å². The SMILES string of the molecule is COc1ccc(/C=C/C(=O)Nc2ccc(C)c(Nc3nccc(-c4cccnc4)n3)c2)cc1. The summed E-state index contributed by atoms with van der Waals surface area (Å²) in [6, 6.07) is 18.7. The molecule has 0 atom stereocenters. The maximum Gasteiger partial charge on any atom is 0.248 e. The van der Waals surface area contributed by atoms with Gasteiger partial charge in [-0.1, -0.05) is 18.2 Å². The van der Waals surface area contributed by atoms with Crippen LogP contribution in [0.2, 0.25) is 0 Å². The van der Waals surface area contributed by atoms with E-state index in [2.05, 4.69) is 25.6 Å². The highest BCUT2D eigenvalue weighted by Gasteiger charge is 2.07. The van der Waals surface area contributed by atoms with Gasteiger partial charge in [0.1, 0.15) is 5.75 Å². The molecule has 0 saturated carbocycles. The van der Waals surface area contributed by atoms with Crippen LogP contribution in [0.4, 0.5) is 17.3 Å². The highest BCUT2D eigenvalue weighted by molar-refractivity contribution is 6.02. The molecule has 2 heterocycles. The zero-order chi connectivity index (χ0) is 23.0. The quantitative estimate of drug-likeness (QED) is 0.384. The van der Waals surface area contributed by atoms with Crippen LogP contribution in [0, 0.1) is 6.92 Å². The Bertz CT molecular complexity index is 1270. The fraction of sp³-hybridized carbons (Fsp3) is 0.0769. The largest absolute Gasteiger partial charge is 0.497 e. The Hall–Kier alpha value is -4.52. The summed E-state index contributed by atoms with van der Waals surface area (Å²) in [6.07, 6.45) is 8.42. The smallest absolute Gasteiger partial charge is 0.248 e. The van der Waals surface area contributed by atoms with E-state index in [1.54, 1.807) is 31.8 Å². The average molecular weight is 438 g/mol. The first kappa shape index (κ1) is 21.7. The summed E-state index contributed by atoms with van der Waals surface area (Å²) in [7, 11) is 1.62. The fourth-order valence-corrected chi connectivity index (χ4v) is 3.12. The highest BCUT2D eigenvalue weighted by Crippen LogP contribution is 2.24. The summed E-state index contributed by atoms with van der Waals surface area (Å²) >= 11 is 0. The van der Waals surface area contributed by atoms with Crippen LogP contribution in [0.3, 0.4) is 0 Å². The first-order chi connectivity index (χ1) is 16.1. The number of methoxy groups -OCH3 is 1. The normalized spacial score (nSPS) is 10.7. The Morgan fingerprint density at radius 1 is 1.03 bits per heavy atom. The van der Waals surface area contributed by atoms with Crippen molar-refractivity contribution in [3.8, 4) is 17.0 Å². The Labute approximate surface area is 192 Å². The van der Waals surface area contributed by atoms with Gasteiger partial charge in [0.05, 0.1) is 12.8 Å². The monoisotopic (exact) mass is 437 g/mol. The summed E-state index contributed by atoms with van der Waals surface area (Å²) in [5.41, 5.74) is 5.04. The molecule has 2 aromatic heterocycles. The van der Waals surface area contributed by atoms with E-state index in [0.717, 1.165) is 33.8 Å². The van der Waals surface area contributed by atoms with Gasteiger partial charge in [-0.15, -0.1) is 0 Å². The van der Waals surface area contributed by atoms with Crippen molar-refractivity contribution in [3.63, 3.8) is 0 Å². The summed E-state index contributed by atoms with van der Waals surface area (Å²) in [5, 5.41) is 6.13. The number of amides is 1. The molecular weight excluding hydrogens is 414 g/mol. The van der Waals surface area contributed by atoms with Crippen LogP contribution in [-0.2, 0) is 4.79 Å². The molecule has 164 valence electrons. The predicted molar refractivity (Wildman–Crippen MR) is 130 cm³/mol. The van der Waals surface area contributed by atoms with E-state index < -0.39 is 0 Å². The van der Waals surface area contributed by atoms with Gasteiger partial charge in [-0.2, -0.15) is 0 Å². The molecule has 0 unspecified atom stereocenters. The number of nitrogens with zero attached hydrogens (tertiary/aromatic N) is 3. The summed E-state index contributed by atoms with van der Waals surface area (Å²) in [5.74, 6) is 1.00. The molecule has 0 radical (unpaired) electrons. The lowest BCUT2D eigenvalue weighted by atomic mass is 10.1. The van der Waals surface area contributed by atoms with Gasteiger partial charge < -0.3 is 15.4 Å². The minimum absolute atomic E-state index is 0.226. The van der Waals surface area contributed by atoms with Gasteiger partial charge in [0.15, 0.2) is 0 Å². The molecule has 4 aromatic rings. The van der Waals surface area contributed by atoms with Gasteiger partial charge in [0, 0.05) is 41.6 Å². The van der Waals surface area contributed by atoms with Gasteiger partial charge in [0.25, 0.3) is 0 Å². The number of hydrogen-bond donors (Lipinski definition) is 2. The third-order valence-corrected chi connectivity index (χ3v) is 4.91. The fourth-order valence-electron chi connectivity index (χ4n) is 3.12. The molecule has 0 bridgehead atoms. The lowest BCUT2D eigenvalue weighted by Gasteiger charge is -2.11. The van der Waals surface area contributed by atoms with E-state index in [4.69, 9.17) is 4.74 Å². The maximum atomic E-state index is 12.4. The van der Waals surface area contributed by atoms with E-state index in [1.807, 2.05) is 67.6 Å². The van der Waals surface area contributed by atoms with Crippen molar-refractivity contribution < 1.29 is 9.53 Å². The van der Waals surface area contributed by atoms with Crippen LogP contribution in [0.1, 0.15) is 11.1 Å². The number of carbonyl (C=O) groups excluding carboxylic acids is 1. The molecule has 0 aliphatic rings. The van der Waals surface area contributed by atoms with Gasteiger partial charge in [-0.25, -0.2) is 9.97 Å². The van der Waals surface area contributed by atoms with Crippen LogP contribution in [0.5, 0.6) is 5.75 Å². The number of rotatable bonds is 7. The standard InChI is InChI=1S/C26H23N5O2/c1-18-5-9-21(29-25(32)12-8-19-6-10-22(33-2)11-7-19)16-24(18)31-26-28-15-13-23(30-26)20-4-3-14-27-17-20/h3-17H,1-2H3,(H,29,32)(H,28,30,31)/b12-8+. The molecule has 0 fully saturated rings. The minimum atomic E-state index is -0.226. The van der Waals surface area contributed by atoms with E-state index >= 15 is 0 Å². The zero-order valence-electron chi connectivity index (χ0n) is 18.3. The van der Waals surface area contributed by atoms with Gasteiger partial charge in [0.2, 0.25) is 11.9 Å². The first-order valence-electron chi connectivity index (χ1n) is 10.3. The van der Waals surface area contributed by atoms with Crippen LogP contribution < -0.4 is 15.4 Å². The summed E-state index contributed by atoms with van der Waals surface area (Å²) in [4.78, 5) is 25.4. The Morgan fingerprint density at radius 2 is 1.88 bits per heavy atom. The van der Waals surface area contributed by atoms with Crippen molar-refractivity contribution in [2.24, 2.45) is 0 Å². The number of ether oxygens (including phenoxy) is 1. The molecule has 2 N–H and O–H groups in total. The molecule has 0 aliphatic carbocycles. The molecule has 0 spiro atoms. The van der Waals surface area contributed by atoms with Crippen molar-refractivity contribution in [1.82, 2.24) is 15.0 Å². The third kappa shape index (κ3) is 5.80. The van der Waals surface area contributed by atoms with E-state index in [1.165, 1.54) is 6.08 Å². The molecule has 1 amide bonds. The number of aromatic nitrogens is 3. The lowest BCUT2D eigenvalue weighted by Crippen LogP contribution is -2.08. The van der Waals surface area contributed by atoms with Crippen molar-refractivity contribution in [2.45, 2.75) is 6.92 Å². The zero-order valence-corrected chi connectivity index (χ0v) is 18.3. The molecule has 4 rings (SSSR count). The second kappa shape index (κ2) is 10.2. The summed E-state index contributed by atoms with van der Waals surface area (Å²) < 4.78 is 5.15. The lowest BCUT2D eigenvalue weighted by molar-refractivity contribution is -0.111. The van der Waals surface area contributed by atoms with E-state index in [0.29, 0.717) is 11.6 Å². The van der Waals surface area contributed by atoms with Crippen molar-refractivity contribution in [1.29, 1.82) is 0 Å². The van der Waals surface area contributed by atoms with Crippen LogP contribution in [-0.4, -0.2) is 28.0 Å². The second-order valence-electron chi connectivity index (χ2n) is 7.26. The second-order valence-corrected chi connectivity index (χ2v) is 7.26. The number of carbonyl (C=O) groups is 1. The topological polar surface area (TPSA) is 89.0 Å². The Balaban J connectivity index is 1.45. The van der Waals surface area contributed by atoms with Crippen molar-refractivity contribution in [3.05, 3.63) is 96.5 Å². The van der Waals surface area contributed by atoms with Gasteiger partial charge >= 0.3 is 0 Å². The molecule has 0 saturated heterocycles. The summed E-state index contributed by atoms with van der Waals surface area (Å²) in [6.45, 7) is 1.97. The van der Waals surface area contributed by atoms with Crippen molar-refractivity contribution in [2.75, 3.05) is 17.7 Å². The Kier molecular flexibility index (Phi) is 6.70. The predicted octanol–water partition coefficient (Wildman–Crippen LogP) is 5.25.